The fraction of sp³-hybridized carbons (Fsp3) is 0.182. The average molecular weight is 362 g/mol. The molecule has 1 amide bonds. The van der Waals surface area contributed by atoms with Gasteiger partial charge in [-0.2, -0.15) is 0 Å². The third kappa shape index (κ3) is 4.44. The monoisotopic (exact) mass is 362 g/mol. The van der Waals surface area contributed by atoms with E-state index in [0.717, 1.165) is 11.1 Å². The van der Waals surface area contributed by atoms with Crippen LogP contribution < -0.4 is 5.32 Å². The molecule has 0 unspecified atom stereocenters. The van der Waals surface area contributed by atoms with Crippen molar-refractivity contribution in [3.63, 3.8) is 0 Å². The Kier molecular flexibility index (Phi) is 5.71. The van der Waals surface area contributed by atoms with Gasteiger partial charge in [0.05, 0.1) is 25.1 Å². The first-order chi connectivity index (χ1) is 13.1. The minimum Gasteiger partial charge on any atom is -0.465 e. The summed E-state index contributed by atoms with van der Waals surface area (Å²) >= 11 is 0. The number of methoxy groups -OCH3 is 1. The van der Waals surface area contributed by atoms with Gasteiger partial charge in [-0.3, -0.25) is 4.79 Å². The fourth-order valence-corrected chi connectivity index (χ4v) is 3.09. The van der Waals surface area contributed by atoms with E-state index in [1.807, 2.05) is 41.2 Å². The molecule has 0 spiro atoms. The number of hydrogen-bond donors (Lipinski definition) is 1. The summed E-state index contributed by atoms with van der Waals surface area (Å²) in [5, 5.41) is 2.90. The van der Waals surface area contributed by atoms with Crippen LogP contribution in [0.4, 0.5) is 5.69 Å². The summed E-state index contributed by atoms with van der Waals surface area (Å²) in [7, 11) is 1.34. The number of aromatic nitrogens is 1. The van der Waals surface area contributed by atoms with Gasteiger partial charge >= 0.3 is 5.97 Å². The summed E-state index contributed by atoms with van der Waals surface area (Å²) in [6.45, 7) is 2.05. The first kappa shape index (κ1) is 18.5. The number of nitrogens with one attached hydrogen (secondary N) is 1. The van der Waals surface area contributed by atoms with E-state index in [1.54, 1.807) is 24.3 Å². The number of hydrogen-bond acceptors (Lipinski definition) is 3. The van der Waals surface area contributed by atoms with Gasteiger partial charge in [0.25, 0.3) is 0 Å². The number of anilines is 1. The molecule has 1 aromatic heterocycles. The Labute approximate surface area is 158 Å². The largest absolute Gasteiger partial charge is 0.465 e. The molecule has 0 fully saturated rings. The molecule has 5 heteroatoms. The van der Waals surface area contributed by atoms with E-state index in [4.69, 9.17) is 0 Å². The zero-order valence-corrected chi connectivity index (χ0v) is 15.4. The molecule has 5 nitrogen and oxygen atoms in total. The maximum atomic E-state index is 12.7. The molecule has 1 atom stereocenters. The van der Waals surface area contributed by atoms with Crippen molar-refractivity contribution in [3.8, 4) is 0 Å². The Hall–Kier alpha value is -3.34. The molecule has 138 valence electrons. The van der Waals surface area contributed by atoms with E-state index in [9.17, 15) is 9.59 Å². The second-order valence-electron chi connectivity index (χ2n) is 6.32. The second-order valence-corrected chi connectivity index (χ2v) is 6.32. The molecule has 3 aromatic rings. The van der Waals surface area contributed by atoms with Crippen LogP contribution in [0.25, 0.3) is 0 Å². The normalized spacial score (nSPS) is 11.6. The van der Waals surface area contributed by atoms with Crippen LogP contribution in [0.15, 0.2) is 73.1 Å². The van der Waals surface area contributed by atoms with Crippen LogP contribution in [0, 0.1) is 6.92 Å². The summed E-state index contributed by atoms with van der Waals surface area (Å²) < 4.78 is 6.73. The standard InChI is InChI=1S/C22H22N2O3/c1-16-7-3-4-8-19(16)20(24-13-5-6-14-24)15-21(25)23-18-11-9-17(10-12-18)22(26)27-2/h3-14,20H,15H2,1-2H3,(H,23,25)/t20-/m1/s1. The van der Waals surface area contributed by atoms with Gasteiger partial charge < -0.3 is 14.6 Å². The van der Waals surface area contributed by atoms with Crippen LogP contribution in [0.2, 0.25) is 0 Å². The molecule has 27 heavy (non-hydrogen) atoms. The highest BCUT2D eigenvalue weighted by Gasteiger charge is 2.19. The highest BCUT2D eigenvalue weighted by atomic mass is 16.5. The Bertz CT molecular complexity index is 915. The van der Waals surface area contributed by atoms with E-state index < -0.39 is 5.97 Å². The number of benzene rings is 2. The maximum Gasteiger partial charge on any atom is 0.337 e. The molecule has 0 radical (unpaired) electrons. The van der Waals surface area contributed by atoms with Gasteiger partial charge in [0, 0.05) is 18.1 Å². The summed E-state index contributed by atoms with van der Waals surface area (Å²) in [6, 6.07) is 18.6. The fourth-order valence-electron chi connectivity index (χ4n) is 3.09. The number of rotatable bonds is 6. The molecular weight excluding hydrogens is 340 g/mol. The molecule has 0 aliphatic carbocycles. The molecule has 0 aliphatic heterocycles. The van der Waals surface area contributed by atoms with Gasteiger partial charge in [-0.15, -0.1) is 0 Å². The third-order valence-corrected chi connectivity index (χ3v) is 4.50. The van der Waals surface area contributed by atoms with Crippen molar-refractivity contribution in [2.75, 3.05) is 12.4 Å². The van der Waals surface area contributed by atoms with Gasteiger partial charge in [0.15, 0.2) is 0 Å². The summed E-state index contributed by atoms with van der Waals surface area (Å²) in [5.74, 6) is -0.497. The van der Waals surface area contributed by atoms with Crippen molar-refractivity contribution in [3.05, 3.63) is 89.7 Å². The van der Waals surface area contributed by atoms with Crippen LogP contribution >= 0.6 is 0 Å². The highest BCUT2D eigenvalue weighted by Crippen LogP contribution is 2.26. The summed E-state index contributed by atoms with van der Waals surface area (Å²) in [5.41, 5.74) is 3.35. The molecule has 1 heterocycles. The van der Waals surface area contributed by atoms with Crippen molar-refractivity contribution in [1.29, 1.82) is 0 Å². The number of esters is 1. The van der Waals surface area contributed by atoms with E-state index in [2.05, 4.69) is 29.1 Å². The lowest BCUT2D eigenvalue weighted by Crippen LogP contribution is -2.20. The van der Waals surface area contributed by atoms with Crippen LogP contribution in [0.1, 0.15) is 33.9 Å². The van der Waals surface area contributed by atoms with Crippen LogP contribution in [0.3, 0.4) is 0 Å². The number of ether oxygens (including phenoxy) is 1. The summed E-state index contributed by atoms with van der Waals surface area (Å²) in [4.78, 5) is 24.2. The number of carbonyl (C=O) groups is 2. The third-order valence-electron chi connectivity index (χ3n) is 4.50. The van der Waals surface area contributed by atoms with Crippen LogP contribution in [-0.4, -0.2) is 23.6 Å². The Morgan fingerprint density at radius 3 is 2.30 bits per heavy atom. The van der Waals surface area contributed by atoms with Gasteiger partial charge in [0.2, 0.25) is 5.91 Å². The van der Waals surface area contributed by atoms with Crippen molar-refractivity contribution >= 4 is 17.6 Å². The maximum absolute atomic E-state index is 12.7. The molecular formula is C22H22N2O3. The molecule has 1 N–H and O–H groups in total. The quantitative estimate of drug-likeness (QED) is 0.669. The van der Waals surface area contributed by atoms with Gasteiger partial charge in [-0.25, -0.2) is 4.79 Å². The highest BCUT2D eigenvalue weighted by molar-refractivity contribution is 5.93. The zero-order valence-electron chi connectivity index (χ0n) is 15.4. The van der Waals surface area contributed by atoms with Gasteiger partial charge in [0.1, 0.15) is 0 Å². The molecule has 3 rings (SSSR count). The van der Waals surface area contributed by atoms with Gasteiger partial charge in [-0.1, -0.05) is 24.3 Å². The smallest absolute Gasteiger partial charge is 0.337 e. The first-order valence-corrected chi connectivity index (χ1v) is 8.74. The van der Waals surface area contributed by atoms with E-state index in [-0.39, 0.29) is 11.9 Å². The predicted molar refractivity (Wildman–Crippen MR) is 105 cm³/mol. The lowest BCUT2D eigenvalue weighted by Gasteiger charge is -2.21. The Morgan fingerprint density at radius 1 is 1.00 bits per heavy atom. The van der Waals surface area contributed by atoms with E-state index in [0.29, 0.717) is 17.7 Å². The average Bonchev–Trinajstić information content (AvgIpc) is 3.21. The number of nitrogens with zero attached hydrogens (tertiary/aromatic N) is 1. The molecule has 0 bridgehead atoms. The molecule has 0 saturated heterocycles. The second kappa shape index (κ2) is 8.36. The van der Waals surface area contributed by atoms with E-state index in [1.165, 1.54) is 7.11 Å². The number of amides is 1. The molecule has 0 saturated carbocycles. The minimum absolute atomic E-state index is 0.0875. The van der Waals surface area contributed by atoms with Gasteiger partial charge in [-0.05, 0) is 54.4 Å². The SMILES string of the molecule is COC(=O)c1ccc(NC(=O)C[C@H](c2ccccc2C)n2cccc2)cc1. The Morgan fingerprint density at radius 2 is 1.67 bits per heavy atom. The molecule has 2 aromatic carbocycles. The topological polar surface area (TPSA) is 60.3 Å². The van der Waals surface area contributed by atoms with Crippen molar-refractivity contribution in [2.24, 2.45) is 0 Å². The van der Waals surface area contributed by atoms with Crippen molar-refractivity contribution in [1.82, 2.24) is 4.57 Å². The zero-order chi connectivity index (χ0) is 19.2. The number of aryl methyl sites for hydroxylation is 1. The lowest BCUT2D eigenvalue weighted by molar-refractivity contribution is -0.116. The predicted octanol–water partition coefficient (Wildman–Crippen LogP) is 4.20. The van der Waals surface area contributed by atoms with E-state index >= 15 is 0 Å². The minimum atomic E-state index is -0.403. The number of carbonyl (C=O) groups excluding carboxylic acids is 2. The lowest BCUT2D eigenvalue weighted by atomic mass is 9.98. The molecule has 0 aliphatic rings. The van der Waals surface area contributed by atoms with Crippen molar-refractivity contribution < 1.29 is 14.3 Å². The van der Waals surface area contributed by atoms with Crippen molar-refractivity contribution in [2.45, 2.75) is 19.4 Å². The Balaban J connectivity index is 1.75. The first-order valence-electron chi connectivity index (χ1n) is 8.74. The van der Waals surface area contributed by atoms with Crippen LogP contribution in [0.5, 0.6) is 0 Å². The van der Waals surface area contributed by atoms with Crippen LogP contribution in [-0.2, 0) is 9.53 Å². The summed E-state index contributed by atoms with van der Waals surface area (Å²) in [6.07, 6.45) is 4.24.